The third-order valence-corrected chi connectivity index (χ3v) is 6.78. The van der Waals surface area contributed by atoms with Crippen molar-refractivity contribution in [2.24, 2.45) is 5.10 Å². The van der Waals surface area contributed by atoms with Gasteiger partial charge in [0.25, 0.3) is 5.91 Å². The molecule has 0 aliphatic rings. The second-order valence-corrected chi connectivity index (χ2v) is 9.91. The minimum absolute atomic E-state index is 0.348. The van der Waals surface area contributed by atoms with Gasteiger partial charge in [-0.3, -0.25) is 4.79 Å². The van der Waals surface area contributed by atoms with Crippen molar-refractivity contribution in [1.29, 1.82) is 0 Å². The minimum atomic E-state index is -0.348. The molecule has 0 saturated heterocycles. The van der Waals surface area contributed by atoms with E-state index in [4.69, 9.17) is 39.2 Å². The summed E-state index contributed by atoms with van der Waals surface area (Å²) in [4.78, 5) is 17.1. The molecule has 10 heteroatoms. The third kappa shape index (κ3) is 6.21. The monoisotopic (exact) mass is 566 g/mol. The summed E-state index contributed by atoms with van der Waals surface area (Å²) < 4.78 is 5.74. The minimum Gasteiger partial charge on any atom is -0.455 e. The van der Waals surface area contributed by atoms with Crippen LogP contribution < -0.4 is 10.7 Å². The van der Waals surface area contributed by atoms with Gasteiger partial charge in [0, 0.05) is 37.8 Å². The molecule has 1 amide bonds. The lowest BCUT2D eigenvalue weighted by Crippen LogP contribution is -2.17. The van der Waals surface area contributed by atoms with Crippen molar-refractivity contribution in [3.63, 3.8) is 0 Å². The van der Waals surface area contributed by atoms with Gasteiger partial charge in [-0.25, -0.2) is 10.4 Å². The van der Waals surface area contributed by atoms with Crippen LogP contribution in [-0.4, -0.2) is 17.1 Å². The number of amides is 1. The molecule has 0 aliphatic heterocycles. The van der Waals surface area contributed by atoms with Gasteiger partial charge < -0.3 is 9.73 Å². The maximum absolute atomic E-state index is 12.5. The van der Waals surface area contributed by atoms with Crippen molar-refractivity contribution >= 4 is 69.1 Å². The molecule has 184 valence electrons. The van der Waals surface area contributed by atoms with Gasteiger partial charge in [-0.05, 0) is 66.7 Å². The molecular weight excluding hydrogens is 551 g/mol. The number of rotatable bonds is 7. The normalized spacial score (nSPS) is 11.1. The van der Waals surface area contributed by atoms with Crippen molar-refractivity contribution in [3.05, 3.63) is 111 Å². The Kier molecular flexibility index (Phi) is 7.58. The summed E-state index contributed by atoms with van der Waals surface area (Å²) in [6, 6.07) is 23.2. The SMILES string of the molecule is O=C(N/N=C\c1ccc(-c2ccc(Cl)cc2Cl)o1)c1ccc(-c2csc(Nc3ccc(Cl)cc3)n2)cc1. The summed E-state index contributed by atoms with van der Waals surface area (Å²) in [6.45, 7) is 0. The first-order chi connectivity index (χ1) is 17.9. The zero-order valence-corrected chi connectivity index (χ0v) is 22.0. The molecule has 0 atom stereocenters. The average molecular weight is 568 g/mol. The molecule has 0 unspecified atom stereocenters. The van der Waals surface area contributed by atoms with Crippen molar-refractivity contribution in [3.8, 4) is 22.6 Å². The number of nitrogens with zero attached hydrogens (tertiary/aromatic N) is 2. The Morgan fingerprint density at radius 1 is 0.919 bits per heavy atom. The van der Waals surface area contributed by atoms with Crippen LogP contribution in [0.4, 0.5) is 10.8 Å². The molecule has 3 aromatic carbocycles. The van der Waals surface area contributed by atoms with E-state index in [9.17, 15) is 4.79 Å². The Morgan fingerprint density at radius 3 is 2.43 bits per heavy atom. The largest absolute Gasteiger partial charge is 0.455 e. The van der Waals surface area contributed by atoms with E-state index in [0.717, 1.165) is 22.1 Å². The Balaban J connectivity index is 1.19. The van der Waals surface area contributed by atoms with Gasteiger partial charge in [-0.2, -0.15) is 5.10 Å². The summed E-state index contributed by atoms with van der Waals surface area (Å²) >= 11 is 19.6. The number of thiazole rings is 1. The number of halogens is 3. The second kappa shape index (κ2) is 11.2. The van der Waals surface area contributed by atoms with Gasteiger partial charge in [0.05, 0.1) is 16.9 Å². The van der Waals surface area contributed by atoms with E-state index in [2.05, 4.69) is 20.8 Å². The van der Waals surface area contributed by atoms with E-state index in [1.54, 1.807) is 42.5 Å². The molecule has 5 rings (SSSR count). The molecule has 2 N–H and O–H groups in total. The van der Waals surface area contributed by atoms with E-state index < -0.39 is 0 Å². The lowest BCUT2D eigenvalue weighted by molar-refractivity contribution is 0.0955. The molecule has 0 radical (unpaired) electrons. The Morgan fingerprint density at radius 2 is 1.68 bits per heavy atom. The van der Waals surface area contributed by atoms with Gasteiger partial charge in [0.1, 0.15) is 11.5 Å². The molecule has 0 aliphatic carbocycles. The number of aromatic nitrogens is 1. The zero-order chi connectivity index (χ0) is 25.8. The van der Waals surface area contributed by atoms with E-state index in [0.29, 0.717) is 37.7 Å². The first-order valence-electron chi connectivity index (χ1n) is 10.9. The van der Waals surface area contributed by atoms with Gasteiger partial charge >= 0.3 is 0 Å². The number of carbonyl (C=O) groups excluding carboxylic acids is 1. The number of hydrazone groups is 1. The van der Waals surface area contributed by atoms with E-state index in [1.165, 1.54) is 17.6 Å². The fourth-order valence-electron chi connectivity index (χ4n) is 3.39. The predicted octanol–water partition coefficient (Wildman–Crippen LogP) is 8.54. The molecule has 0 saturated carbocycles. The highest BCUT2D eigenvalue weighted by molar-refractivity contribution is 7.14. The molecule has 0 fully saturated rings. The van der Waals surface area contributed by atoms with Crippen LogP contribution in [0.5, 0.6) is 0 Å². The Bertz CT molecular complexity index is 1580. The first-order valence-corrected chi connectivity index (χ1v) is 12.9. The lowest BCUT2D eigenvalue weighted by Gasteiger charge is -2.03. The average Bonchev–Trinajstić information content (AvgIpc) is 3.55. The molecule has 0 spiro atoms. The molecule has 5 aromatic rings. The second-order valence-electron chi connectivity index (χ2n) is 7.77. The van der Waals surface area contributed by atoms with E-state index >= 15 is 0 Å². The maximum Gasteiger partial charge on any atom is 0.271 e. The van der Waals surface area contributed by atoms with Crippen LogP contribution in [0.3, 0.4) is 0 Å². The van der Waals surface area contributed by atoms with Crippen LogP contribution in [0.2, 0.25) is 15.1 Å². The number of hydrogen-bond donors (Lipinski definition) is 2. The number of anilines is 2. The Hall–Kier alpha value is -3.62. The highest BCUT2D eigenvalue weighted by atomic mass is 35.5. The van der Waals surface area contributed by atoms with Crippen LogP contribution in [0.25, 0.3) is 22.6 Å². The quantitative estimate of drug-likeness (QED) is 0.153. The van der Waals surface area contributed by atoms with Crippen LogP contribution >= 0.6 is 46.1 Å². The smallest absolute Gasteiger partial charge is 0.271 e. The van der Waals surface area contributed by atoms with Crippen LogP contribution in [-0.2, 0) is 0 Å². The summed E-state index contributed by atoms with van der Waals surface area (Å²) in [7, 11) is 0. The molecular formula is C27H17Cl3N4O2S. The summed E-state index contributed by atoms with van der Waals surface area (Å²) in [6.07, 6.45) is 1.42. The van der Waals surface area contributed by atoms with Gasteiger partial charge in [-0.1, -0.05) is 46.9 Å². The highest BCUT2D eigenvalue weighted by Crippen LogP contribution is 2.31. The fourth-order valence-corrected chi connectivity index (χ4v) is 4.76. The third-order valence-electron chi connectivity index (χ3n) is 5.22. The number of hydrogen-bond acceptors (Lipinski definition) is 6. The topological polar surface area (TPSA) is 79.5 Å². The molecule has 2 aromatic heterocycles. The van der Waals surface area contributed by atoms with Crippen LogP contribution in [0.1, 0.15) is 16.1 Å². The number of furan rings is 1. The maximum atomic E-state index is 12.5. The molecule has 2 heterocycles. The van der Waals surface area contributed by atoms with Crippen molar-refractivity contribution < 1.29 is 9.21 Å². The lowest BCUT2D eigenvalue weighted by atomic mass is 10.1. The molecule has 37 heavy (non-hydrogen) atoms. The summed E-state index contributed by atoms with van der Waals surface area (Å²) in [5.74, 6) is 0.681. The fraction of sp³-hybridized carbons (Fsp3) is 0. The number of carbonyl (C=O) groups is 1. The van der Waals surface area contributed by atoms with Crippen LogP contribution in [0.15, 0.2) is 93.8 Å². The van der Waals surface area contributed by atoms with Gasteiger partial charge in [0.2, 0.25) is 0 Å². The standard InChI is InChI=1S/C27H17Cl3N4O2S/c28-18-5-8-20(9-6-18)32-27-33-24(15-37-27)16-1-3-17(4-2-16)26(35)34-31-14-21-10-12-25(36-21)22-11-7-19(29)13-23(22)30/h1-15H,(H,32,33)(H,34,35)/b31-14-. The first kappa shape index (κ1) is 25.0. The van der Waals surface area contributed by atoms with E-state index in [-0.39, 0.29) is 5.91 Å². The molecule has 0 bridgehead atoms. The zero-order valence-electron chi connectivity index (χ0n) is 18.9. The van der Waals surface area contributed by atoms with Gasteiger partial charge in [-0.15, -0.1) is 11.3 Å². The highest BCUT2D eigenvalue weighted by Gasteiger charge is 2.10. The van der Waals surface area contributed by atoms with Crippen LogP contribution in [0, 0.1) is 0 Å². The summed E-state index contributed by atoms with van der Waals surface area (Å²) in [5, 5.41) is 11.6. The number of benzene rings is 3. The van der Waals surface area contributed by atoms with Crippen molar-refractivity contribution in [2.45, 2.75) is 0 Å². The molecule has 6 nitrogen and oxygen atoms in total. The summed E-state index contributed by atoms with van der Waals surface area (Å²) in [5.41, 5.74) is 6.28. The van der Waals surface area contributed by atoms with E-state index in [1.807, 2.05) is 41.8 Å². The predicted molar refractivity (Wildman–Crippen MR) is 152 cm³/mol. The Labute approximate surface area is 231 Å². The van der Waals surface area contributed by atoms with Crippen molar-refractivity contribution in [1.82, 2.24) is 10.4 Å². The van der Waals surface area contributed by atoms with Gasteiger partial charge in [0.15, 0.2) is 5.13 Å². The number of nitrogens with one attached hydrogen (secondary N) is 2. The van der Waals surface area contributed by atoms with Crippen molar-refractivity contribution in [2.75, 3.05) is 5.32 Å².